The molecule has 0 aliphatic heterocycles. The topological polar surface area (TPSA) is 56.0 Å². The van der Waals surface area contributed by atoms with E-state index < -0.39 is 0 Å². The van der Waals surface area contributed by atoms with Crippen LogP contribution in [-0.4, -0.2) is 24.6 Å². The first-order valence-electron chi connectivity index (χ1n) is 20.7. The first kappa shape index (κ1) is 35.8. The highest BCUT2D eigenvalue weighted by Gasteiger charge is 2.22. The van der Waals surface area contributed by atoms with Crippen molar-refractivity contribution < 1.29 is 0 Å². The molecule has 62 heavy (non-hydrogen) atoms. The number of hydrogen-bond donors (Lipinski definition) is 0. The number of fused-ring (bicyclic) bond motifs is 6. The average molecular weight is 810 g/mol. The summed E-state index contributed by atoms with van der Waals surface area (Å²) in [5.41, 5.74) is 12.5. The van der Waals surface area contributed by atoms with Crippen molar-refractivity contribution in [3.05, 3.63) is 212 Å². The minimum absolute atomic E-state index is 0.611. The Balaban J connectivity index is 0.983. The Morgan fingerprint density at radius 3 is 1.53 bits per heavy atom. The molecule has 0 bridgehead atoms. The van der Waals surface area contributed by atoms with Gasteiger partial charge in [-0.05, 0) is 34.2 Å². The van der Waals surface area contributed by atoms with E-state index in [-0.39, 0.29) is 0 Å². The Bertz CT molecular complexity index is 3600. The molecule has 0 fully saturated rings. The summed E-state index contributed by atoms with van der Waals surface area (Å²) in [6, 6.07) is 74.4. The van der Waals surface area contributed by atoms with Crippen LogP contribution in [0, 0.1) is 0 Å². The van der Waals surface area contributed by atoms with Crippen molar-refractivity contribution in [2.75, 3.05) is 0 Å². The SMILES string of the molecule is c1ccc(-c2nc(-c3ccc(-c4cccc5c4sc4ccccc45)cc3)nc(-c3ccc(-c4c(-c5ccccc5)nn5c(-c6ccccc6)cc6ccccc6c45)cc3)n2)cc1. The lowest BCUT2D eigenvalue weighted by atomic mass is 9.96. The van der Waals surface area contributed by atoms with Gasteiger partial charge in [-0.15, -0.1) is 11.3 Å². The van der Waals surface area contributed by atoms with Crippen molar-refractivity contribution in [2.24, 2.45) is 0 Å². The van der Waals surface area contributed by atoms with Gasteiger partial charge in [0.1, 0.15) is 5.69 Å². The molecule has 8 aromatic carbocycles. The third kappa shape index (κ3) is 6.16. The molecule has 0 N–H and O–H groups in total. The van der Waals surface area contributed by atoms with Crippen LogP contribution in [0.15, 0.2) is 212 Å². The van der Waals surface area contributed by atoms with Gasteiger partial charge in [0.2, 0.25) is 0 Å². The quantitative estimate of drug-likeness (QED) is 0.161. The fourth-order valence-electron chi connectivity index (χ4n) is 8.68. The molecule has 12 aromatic rings. The van der Waals surface area contributed by atoms with Gasteiger partial charge in [0.05, 0.1) is 11.2 Å². The van der Waals surface area contributed by atoms with Crippen LogP contribution in [0.25, 0.3) is 115 Å². The maximum absolute atomic E-state index is 5.39. The molecule has 290 valence electrons. The van der Waals surface area contributed by atoms with Gasteiger partial charge in [0, 0.05) is 58.9 Å². The van der Waals surface area contributed by atoms with Crippen LogP contribution in [0.3, 0.4) is 0 Å². The van der Waals surface area contributed by atoms with Crippen LogP contribution in [0.1, 0.15) is 0 Å². The molecule has 12 rings (SSSR count). The zero-order chi connectivity index (χ0) is 41.0. The second kappa shape index (κ2) is 14.9. The lowest BCUT2D eigenvalue weighted by molar-refractivity contribution is 0.979. The van der Waals surface area contributed by atoms with E-state index in [4.69, 9.17) is 20.1 Å². The number of nitrogens with zero attached hydrogens (tertiary/aromatic N) is 5. The Morgan fingerprint density at radius 2 is 0.871 bits per heavy atom. The fourth-order valence-corrected chi connectivity index (χ4v) is 9.92. The highest BCUT2D eigenvalue weighted by Crippen LogP contribution is 2.42. The molecule has 0 amide bonds. The van der Waals surface area contributed by atoms with Gasteiger partial charge in [0.25, 0.3) is 0 Å². The van der Waals surface area contributed by atoms with Gasteiger partial charge in [0.15, 0.2) is 17.5 Å². The van der Waals surface area contributed by atoms with Crippen LogP contribution in [0.5, 0.6) is 0 Å². The number of hydrogen-bond acceptors (Lipinski definition) is 5. The maximum Gasteiger partial charge on any atom is 0.164 e. The first-order chi connectivity index (χ1) is 30.7. The Hall–Kier alpha value is -8.06. The minimum atomic E-state index is 0.611. The van der Waals surface area contributed by atoms with Crippen molar-refractivity contribution >= 4 is 47.8 Å². The molecule has 0 saturated heterocycles. The van der Waals surface area contributed by atoms with E-state index in [9.17, 15) is 0 Å². The minimum Gasteiger partial charge on any atom is -0.231 e. The van der Waals surface area contributed by atoms with Crippen molar-refractivity contribution in [2.45, 2.75) is 0 Å². The van der Waals surface area contributed by atoms with Gasteiger partial charge in [-0.2, -0.15) is 5.10 Å². The van der Waals surface area contributed by atoms with Crippen LogP contribution in [0.4, 0.5) is 0 Å². The number of benzene rings is 8. The average Bonchev–Trinajstić information content (AvgIpc) is 3.95. The zero-order valence-electron chi connectivity index (χ0n) is 33.4. The van der Waals surface area contributed by atoms with Crippen molar-refractivity contribution in [3.63, 3.8) is 0 Å². The Kier molecular flexibility index (Phi) is 8.61. The Labute approximate surface area is 361 Å². The highest BCUT2D eigenvalue weighted by molar-refractivity contribution is 7.26. The molecule has 6 heteroatoms. The van der Waals surface area contributed by atoms with E-state index in [2.05, 4.69) is 180 Å². The number of pyridine rings is 1. The smallest absolute Gasteiger partial charge is 0.164 e. The van der Waals surface area contributed by atoms with E-state index in [0.717, 1.165) is 72.2 Å². The normalized spacial score (nSPS) is 11.5. The van der Waals surface area contributed by atoms with Gasteiger partial charge >= 0.3 is 0 Å². The molecule has 0 aliphatic carbocycles. The summed E-state index contributed by atoms with van der Waals surface area (Å²) < 4.78 is 4.72. The van der Waals surface area contributed by atoms with Crippen LogP contribution >= 0.6 is 11.3 Å². The summed E-state index contributed by atoms with van der Waals surface area (Å²) in [4.78, 5) is 15.3. The molecular weight excluding hydrogens is 775 g/mol. The predicted molar refractivity (Wildman–Crippen MR) is 257 cm³/mol. The summed E-state index contributed by atoms with van der Waals surface area (Å²) in [7, 11) is 0. The number of thiophene rings is 1. The molecule has 0 saturated carbocycles. The second-order valence-electron chi connectivity index (χ2n) is 15.4. The van der Waals surface area contributed by atoms with Crippen LogP contribution in [0.2, 0.25) is 0 Å². The van der Waals surface area contributed by atoms with E-state index in [1.165, 1.54) is 25.7 Å². The molecule has 5 nitrogen and oxygen atoms in total. The first-order valence-corrected chi connectivity index (χ1v) is 21.5. The van der Waals surface area contributed by atoms with Crippen molar-refractivity contribution in [1.82, 2.24) is 24.6 Å². The third-order valence-electron chi connectivity index (χ3n) is 11.7. The lowest BCUT2D eigenvalue weighted by Crippen LogP contribution is -2.00. The summed E-state index contributed by atoms with van der Waals surface area (Å²) in [5.74, 6) is 1.86. The van der Waals surface area contributed by atoms with Gasteiger partial charge in [-0.25, -0.2) is 19.5 Å². The zero-order valence-corrected chi connectivity index (χ0v) is 34.2. The molecule has 0 unspecified atom stereocenters. The summed E-state index contributed by atoms with van der Waals surface area (Å²) >= 11 is 1.85. The van der Waals surface area contributed by atoms with E-state index in [0.29, 0.717) is 17.5 Å². The van der Waals surface area contributed by atoms with Gasteiger partial charge in [-0.3, -0.25) is 0 Å². The molecule has 0 spiro atoms. The van der Waals surface area contributed by atoms with Crippen molar-refractivity contribution in [3.8, 4) is 78.9 Å². The third-order valence-corrected chi connectivity index (χ3v) is 12.9. The predicted octanol–water partition coefficient (Wildman–Crippen LogP) is 14.7. The molecule has 4 heterocycles. The molecule has 0 radical (unpaired) electrons. The lowest BCUT2D eigenvalue weighted by Gasteiger charge is -2.11. The van der Waals surface area contributed by atoms with Gasteiger partial charge in [-0.1, -0.05) is 200 Å². The monoisotopic (exact) mass is 809 g/mol. The van der Waals surface area contributed by atoms with E-state index in [1.54, 1.807) is 0 Å². The molecular formula is C56H35N5S. The van der Waals surface area contributed by atoms with Crippen molar-refractivity contribution in [1.29, 1.82) is 0 Å². The second-order valence-corrected chi connectivity index (χ2v) is 16.5. The fraction of sp³-hybridized carbons (Fsp3) is 0. The summed E-state index contributed by atoms with van der Waals surface area (Å²) in [6.07, 6.45) is 0. The van der Waals surface area contributed by atoms with Gasteiger partial charge < -0.3 is 0 Å². The highest BCUT2D eigenvalue weighted by atomic mass is 32.1. The summed E-state index contributed by atoms with van der Waals surface area (Å²) in [6.45, 7) is 0. The van der Waals surface area contributed by atoms with E-state index in [1.807, 2.05) is 47.7 Å². The largest absolute Gasteiger partial charge is 0.231 e. The maximum atomic E-state index is 5.39. The molecule has 0 atom stereocenters. The van der Waals surface area contributed by atoms with Crippen LogP contribution in [-0.2, 0) is 0 Å². The van der Waals surface area contributed by atoms with Crippen LogP contribution < -0.4 is 0 Å². The molecule has 0 aliphatic rings. The standard InChI is InChI=1S/C56H35N5S/c1-4-15-37(16-5-1)48-35-43-21-10-11-22-44(43)52-50(51(60-61(48)52)39-17-6-2-7-18-39)38-29-33-42(34-30-38)56-58-54(40-19-8-3-9-20-40)57-55(59-56)41-31-27-36(28-32-41)45-24-14-25-47-46-23-12-13-26-49(46)62-53(45)47/h1-35H. The number of rotatable bonds is 7. The molecule has 4 aromatic heterocycles. The number of aromatic nitrogens is 5. The summed E-state index contributed by atoms with van der Waals surface area (Å²) in [5, 5.41) is 10.3. The Morgan fingerprint density at radius 1 is 0.371 bits per heavy atom. The van der Waals surface area contributed by atoms with E-state index >= 15 is 0 Å².